The van der Waals surface area contributed by atoms with E-state index in [1.54, 1.807) is 6.08 Å². The number of carbonyl (C=O) groups is 2. The lowest BCUT2D eigenvalue weighted by molar-refractivity contribution is -0.114. The average molecular weight is 1130 g/mol. The molecule has 0 saturated carbocycles. The minimum Gasteiger partial charge on any atom is -0.427 e. The summed E-state index contributed by atoms with van der Waals surface area (Å²) in [7, 11) is -4.69. The zero-order valence-corrected chi connectivity index (χ0v) is 54.9. The summed E-state index contributed by atoms with van der Waals surface area (Å²) in [6.07, 6.45) is 8.58. The molecule has 0 spiro atoms. The van der Waals surface area contributed by atoms with Crippen molar-refractivity contribution in [3.63, 3.8) is 0 Å². The Hall–Kier alpha value is -4.43. The fourth-order valence-corrected chi connectivity index (χ4v) is 5.13. The molecule has 1 aliphatic heterocycles. The molecular formula is C63H109BBrNO8S. The topological polar surface area (TPSA) is 139 Å². The molecule has 3 aromatic rings. The Labute approximate surface area is 471 Å². The molecule has 1 heterocycles. The molecule has 3 N–H and O–H groups in total. The van der Waals surface area contributed by atoms with Gasteiger partial charge >= 0.3 is 7.12 Å². The summed E-state index contributed by atoms with van der Waals surface area (Å²) in [6, 6.07) is 23.6. The van der Waals surface area contributed by atoms with Gasteiger partial charge in [0, 0.05) is 17.2 Å². The standard InChI is InChI=1S/C15H19NO3S.C14H18O2.C12H14O.C5H10.C4H7Br.6C2H6.CH5BO2/c1-11(2)12(3)14-8-6-5-7-13(14)9-10-15(17)16-20(4,18)19;1-10(2)11(3)12-6-4-5-7-13(12)14-15-8-9-16-14;1-9(2)10(3)12-7-5-4-6-11(12)8-13;1-4-5(2)3;1-3-4(2)5;6*1-2;1-2(3)4/h5-10H,1-4H3,(H,16,17);4-7,14H,8-9H2,1-3H3;4-8H,1-3H3;4H,1-3H3;3H,1-2H3;6*1-2H3;3-4H,1H3/b10-9+;;;;4-3+;;;;;;;. The highest BCUT2D eigenvalue weighted by molar-refractivity contribution is 9.11. The molecule has 0 unspecified atom stereocenters. The summed E-state index contributed by atoms with van der Waals surface area (Å²) < 4.78 is 36.1. The number of rotatable bonds is 8. The van der Waals surface area contributed by atoms with Crippen LogP contribution in [0.1, 0.15) is 224 Å². The maximum absolute atomic E-state index is 11.5. The van der Waals surface area contributed by atoms with Crippen LogP contribution < -0.4 is 4.72 Å². The lowest BCUT2D eigenvalue weighted by Gasteiger charge is -2.15. The van der Waals surface area contributed by atoms with Crippen molar-refractivity contribution in [3.8, 4) is 0 Å². The quantitative estimate of drug-likeness (QED) is 0.0877. The molecule has 4 rings (SSSR count). The second-order valence-electron chi connectivity index (χ2n) is 15.3. The first-order valence-electron chi connectivity index (χ1n) is 26.7. The lowest BCUT2D eigenvalue weighted by Crippen LogP contribution is -2.27. The van der Waals surface area contributed by atoms with Crippen molar-refractivity contribution in [1.29, 1.82) is 0 Å². The maximum Gasteiger partial charge on any atom is 0.448 e. The van der Waals surface area contributed by atoms with Crippen molar-refractivity contribution in [1.82, 2.24) is 4.72 Å². The summed E-state index contributed by atoms with van der Waals surface area (Å²) in [5.41, 5.74) is 14.8. The Morgan fingerprint density at radius 3 is 1.19 bits per heavy atom. The zero-order valence-electron chi connectivity index (χ0n) is 52.5. The number of amides is 1. The van der Waals surface area contributed by atoms with Gasteiger partial charge in [-0.05, 0) is 153 Å². The third kappa shape index (κ3) is 50.2. The summed E-state index contributed by atoms with van der Waals surface area (Å²) in [5.74, 6) is -0.655. The number of hydrogen-bond donors (Lipinski definition) is 3. The van der Waals surface area contributed by atoms with E-state index in [0.717, 1.165) is 45.9 Å². The molecule has 0 atom stereocenters. The Morgan fingerprint density at radius 1 is 0.587 bits per heavy atom. The van der Waals surface area contributed by atoms with Crippen molar-refractivity contribution in [3.05, 3.63) is 151 Å². The number of sulfonamides is 1. The van der Waals surface area contributed by atoms with Gasteiger partial charge in [-0.15, -0.1) is 0 Å². The molecule has 9 nitrogen and oxygen atoms in total. The van der Waals surface area contributed by atoms with Crippen LogP contribution >= 0.6 is 15.9 Å². The summed E-state index contributed by atoms with van der Waals surface area (Å²) in [4.78, 5) is 22.2. The fourth-order valence-electron chi connectivity index (χ4n) is 4.70. The highest BCUT2D eigenvalue weighted by Gasteiger charge is 2.21. The Morgan fingerprint density at radius 2 is 0.880 bits per heavy atom. The van der Waals surface area contributed by atoms with Crippen LogP contribution in [-0.4, -0.2) is 57.2 Å². The number of benzene rings is 3. The van der Waals surface area contributed by atoms with Crippen LogP contribution in [0.5, 0.6) is 0 Å². The average Bonchev–Trinajstić information content (AvgIpc) is 3.96. The second kappa shape index (κ2) is 58.8. The largest absolute Gasteiger partial charge is 0.448 e. The van der Waals surface area contributed by atoms with Gasteiger partial charge < -0.3 is 19.5 Å². The molecule has 3 aromatic carbocycles. The van der Waals surface area contributed by atoms with Crippen LogP contribution in [0, 0.1) is 0 Å². The Kier molecular flexibility index (Phi) is 68.4. The maximum atomic E-state index is 11.5. The summed E-state index contributed by atoms with van der Waals surface area (Å²) in [5, 5.41) is 15.2. The van der Waals surface area contributed by atoms with Gasteiger partial charge in [-0.1, -0.05) is 206 Å². The number of nitrogens with one attached hydrogen (secondary N) is 1. The van der Waals surface area contributed by atoms with Gasteiger partial charge in [0.05, 0.1) is 19.5 Å². The van der Waals surface area contributed by atoms with Crippen LogP contribution in [-0.2, 0) is 24.3 Å². The monoisotopic (exact) mass is 1130 g/mol. The van der Waals surface area contributed by atoms with Crippen LogP contribution in [0.3, 0.4) is 0 Å². The van der Waals surface area contributed by atoms with E-state index in [4.69, 9.17) is 19.5 Å². The molecule has 0 bridgehead atoms. The highest BCUT2D eigenvalue weighted by Crippen LogP contribution is 2.31. The second-order valence-corrected chi connectivity index (χ2v) is 18.3. The molecule has 430 valence electrons. The van der Waals surface area contributed by atoms with Crippen LogP contribution in [0.25, 0.3) is 22.8 Å². The van der Waals surface area contributed by atoms with E-state index in [-0.39, 0.29) is 6.29 Å². The lowest BCUT2D eigenvalue weighted by atomic mass is 9.97. The van der Waals surface area contributed by atoms with Crippen molar-refractivity contribution < 1.29 is 37.5 Å². The number of aldehydes is 1. The summed E-state index contributed by atoms with van der Waals surface area (Å²) >= 11 is 3.23. The van der Waals surface area contributed by atoms with Crippen molar-refractivity contribution in [2.75, 3.05) is 19.5 Å². The number of hydrogen-bond acceptors (Lipinski definition) is 8. The normalized spacial score (nSPS) is 10.3. The van der Waals surface area contributed by atoms with E-state index >= 15 is 0 Å². The number of ether oxygens (including phenoxy) is 2. The molecule has 0 radical (unpaired) electrons. The van der Waals surface area contributed by atoms with E-state index in [9.17, 15) is 18.0 Å². The van der Waals surface area contributed by atoms with Crippen LogP contribution in [0.4, 0.5) is 0 Å². The molecule has 75 heavy (non-hydrogen) atoms. The van der Waals surface area contributed by atoms with Gasteiger partial charge in [0.25, 0.3) is 5.91 Å². The van der Waals surface area contributed by atoms with E-state index in [0.29, 0.717) is 13.2 Å². The Balaban J connectivity index is -0.000000123. The van der Waals surface area contributed by atoms with Gasteiger partial charge in [-0.2, -0.15) is 0 Å². The minimum atomic E-state index is -3.53. The van der Waals surface area contributed by atoms with E-state index in [1.807, 2.05) is 197 Å². The van der Waals surface area contributed by atoms with Crippen molar-refractivity contribution in [2.45, 2.75) is 193 Å². The first-order chi connectivity index (χ1) is 35.3. The first kappa shape index (κ1) is 87.2. The molecule has 0 aliphatic carbocycles. The summed E-state index contributed by atoms with van der Waals surface area (Å²) in [6.45, 7) is 55.4. The smallest absolute Gasteiger partial charge is 0.427 e. The van der Waals surface area contributed by atoms with E-state index in [2.05, 4.69) is 88.7 Å². The predicted octanol–water partition coefficient (Wildman–Crippen LogP) is 19.0. The fraction of sp³-hybridized carbons (Fsp3) is 0.492. The third-order valence-corrected chi connectivity index (χ3v) is 10.1. The van der Waals surface area contributed by atoms with Crippen molar-refractivity contribution >= 4 is 68.1 Å². The van der Waals surface area contributed by atoms with Crippen LogP contribution in [0.15, 0.2) is 118 Å². The van der Waals surface area contributed by atoms with Gasteiger partial charge in [0.2, 0.25) is 10.0 Å². The molecule has 0 aromatic heterocycles. The van der Waals surface area contributed by atoms with Gasteiger partial charge in [0.1, 0.15) is 0 Å². The van der Waals surface area contributed by atoms with E-state index in [1.165, 1.54) is 56.4 Å². The number of allylic oxidation sites excluding steroid dienone is 10. The third-order valence-electron chi connectivity index (χ3n) is 9.02. The molecule has 12 heteroatoms. The van der Waals surface area contributed by atoms with Gasteiger partial charge in [0.15, 0.2) is 12.6 Å². The number of carbonyl (C=O) groups excluding carboxylic acids is 2. The SMILES string of the molecule is C/C=C(\C)Br.CB(O)O.CC.CC.CC.CC.CC.CC.CC(C)=C(C)c1ccccc1/C=C/C(=O)NS(C)(=O)=O.CC(C)=C(C)c1ccccc1C1OCCO1.CC(C)=C(C)c1ccccc1C=O.CC=C(C)C. The first-order valence-corrected chi connectivity index (χ1v) is 29.4. The molecule has 1 saturated heterocycles. The van der Waals surface area contributed by atoms with E-state index < -0.39 is 23.0 Å². The highest BCUT2D eigenvalue weighted by atomic mass is 79.9. The zero-order chi connectivity index (χ0) is 60.9. The molecular weight excluding hydrogens is 1020 g/mol. The van der Waals surface area contributed by atoms with Gasteiger partial charge in [-0.25, -0.2) is 13.1 Å². The molecule has 1 fully saturated rings. The molecule has 1 aliphatic rings. The predicted molar refractivity (Wildman–Crippen MR) is 341 cm³/mol. The molecule has 1 amide bonds. The van der Waals surface area contributed by atoms with Crippen LogP contribution in [0.2, 0.25) is 6.82 Å². The number of halogens is 1. The Bertz CT molecular complexity index is 2140. The minimum absolute atomic E-state index is 0.189. The van der Waals surface area contributed by atoms with Crippen molar-refractivity contribution in [2.24, 2.45) is 0 Å². The van der Waals surface area contributed by atoms with Gasteiger partial charge in [-0.3, -0.25) is 9.59 Å².